The van der Waals surface area contributed by atoms with Gasteiger partial charge in [-0.25, -0.2) is 9.59 Å². The minimum absolute atomic E-state index is 0.103. The summed E-state index contributed by atoms with van der Waals surface area (Å²) in [5.74, 6) is -1.55. The minimum Gasteiger partial charge on any atom is -0.475 e. The van der Waals surface area contributed by atoms with Gasteiger partial charge in [0.2, 0.25) is 12.9 Å². The van der Waals surface area contributed by atoms with Gasteiger partial charge in [-0.2, -0.15) is 13.2 Å². The van der Waals surface area contributed by atoms with Gasteiger partial charge in [-0.3, -0.25) is 0 Å². The Hall–Kier alpha value is -3.22. The van der Waals surface area contributed by atoms with Crippen LogP contribution in [0.1, 0.15) is 23.6 Å². The van der Waals surface area contributed by atoms with Gasteiger partial charge in [-0.05, 0) is 44.0 Å². The zero-order chi connectivity index (χ0) is 24.2. The fourth-order valence-electron chi connectivity index (χ4n) is 2.66. The summed E-state index contributed by atoms with van der Waals surface area (Å²) in [6.45, 7) is 2.74. The van der Waals surface area contributed by atoms with Crippen molar-refractivity contribution in [3.8, 4) is 5.75 Å². The van der Waals surface area contributed by atoms with Crippen LogP contribution in [-0.4, -0.2) is 49.0 Å². The average molecular weight is 484 g/mol. The van der Waals surface area contributed by atoms with Gasteiger partial charge in [0.1, 0.15) is 18.5 Å². The summed E-state index contributed by atoms with van der Waals surface area (Å²) in [4.78, 5) is 37.9. The third-order valence-electron chi connectivity index (χ3n) is 4.12. The van der Waals surface area contributed by atoms with Crippen molar-refractivity contribution >= 4 is 29.8 Å². The first-order chi connectivity index (χ1) is 14.8. The molecule has 176 valence electrons. The Morgan fingerprint density at radius 1 is 1.28 bits per heavy atom. The molecule has 0 amide bonds. The van der Waals surface area contributed by atoms with Crippen LogP contribution in [0.25, 0.3) is 6.08 Å². The Labute approximate surface area is 183 Å². The number of alkyl halides is 3. The summed E-state index contributed by atoms with van der Waals surface area (Å²) < 4.78 is 58.9. The molecule has 32 heavy (non-hydrogen) atoms. The lowest BCUT2D eigenvalue weighted by atomic mass is 9.96. The molecule has 1 aliphatic heterocycles. The summed E-state index contributed by atoms with van der Waals surface area (Å²) in [5, 5.41) is 9.34. The minimum atomic E-state index is -4.95. The second-order valence-electron chi connectivity index (χ2n) is 6.58. The molecule has 10 nitrogen and oxygen atoms in total. The summed E-state index contributed by atoms with van der Waals surface area (Å²) in [6.07, 6.45) is -9.10. The van der Waals surface area contributed by atoms with Crippen LogP contribution < -0.4 is 4.74 Å². The summed E-state index contributed by atoms with van der Waals surface area (Å²) in [7, 11) is 0. The molecule has 1 aliphatic rings. The molecule has 2 atom stereocenters. The van der Waals surface area contributed by atoms with Gasteiger partial charge >= 0.3 is 18.3 Å². The van der Waals surface area contributed by atoms with Gasteiger partial charge < -0.3 is 23.8 Å². The Balaban J connectivity index is 2.07. The number of carbonyl (C=O) groups excluding carboxylic acids is 2. The Bertz CT molecular complexity index is 949. The van der Waals surface area contributed by atoms with E-state index in [0.717, 1.165) is 6.08 Å². The maximum absolute atomic E-state index is 13.5. The van der Waals surface area contributed by atoms with Crippen LogP contribution in [-0.2, 0) is 23.8 Å². The van der Waals surface area contributed by atoms with Crippen molar-refractivity contribution in [2.24, 2.45) is 0 Å². The monoisotopic (exact) mass is 483 g/mol. The van der Waals surface area contributed by atoms with E-state index in [1.165, 1.54) is 13.0 Å². The predicted octanol–water partition coefficient (Wildman–Crippen LogP) is 3.91. The molecule has 0 aromatic heterocycles. The molecule has 0 radical (unpaired) electrons. The first-order valence-corrected chi connectivity index (χ1v) is 9.21. The third-order valence-corrected chi connectivity index (χ3v) is 4.70. The highest BCUT2D eigenvalue weighted by Gasteiger charge is 2.49. The molecule has 0 spiro atoms. The molecule has 0 unspecified atom stereocenters. The summed E-state index contributed by atoms with van der Waals surface area (Å²) >= 11 is 6.13. The van der Waals surface area contributed by atoms with E-state index in [-0.39, 0.29) is 11.3 Å². The van der Waals surface area contributed by atoms with E-state index in [1.54, 1.807) is 13.8 Å². The van der Waals surface area contributed by atoms with Gasteiger partial charge in [0, 0.05) is 10.6 Å². The van der Waals surface area contributed by atoms with Crippen molar-refractivity contribution in [1.29, 1.82) is 0 Å². The predicted molar refractivity (Wildman–Crippen MR) is 100 cm³/mol. The lowest BCUT2D eigenvalue weighted by molar-refractivity contribution is -0.767. The molecule has 2 rings (SSSR count). The average Bonchev–Trinajstić information content (AvgIpc) is 2.68. The standard InChI is InChI=1S/C18H17ClF3NO9/c1-8-4-13-11(10(3)14(8)19)5-12(15(31-13)18(20,21)22)16(24)29-7-30-17(25)28-6-9(2)32-23(26)27/h4-5,9,15H,6-7H2,1-3H3/t9-,15-/m0/s1. The van der Waals surface area contributed by atoms with Crippen LogP contribution in [0.4, 0.5) is 18.0 Å². The van der Waals surface area contributed by atoms with E-state index in [1.807, 2.05) is 0 Å². The first-order valence-electron chi connectivity index (χ1n) is 8.83. The highest BCUT2D eigenvalue weighted by molar-refractivity contribution is 6.32. The Morgan fingerprint density at radius 2 is 1.94 bits per heavy atom. The van der Waals surface area contributed by atoms with Crippen molar-refractivity contribution in [1.82, 2.24) is 0 Å². The molecule has 1 aromatic carbocycles. The zero-order valence-corrected chi connectivity index (χ0v) is 17.6. The molecular weight excluding hydrogens is 467 g/mol. The molecule has 1 heterocycles. The lowest BCUT2D eigenvalue weighted by Gasteiger charge is -2.29. The normalized spacial score (nSPS) is 16.1. The van der Waals surface area contributed by atoms with E-state index in [2.05, 4.69) is 19.0 Å². The summed E-state index contributed by atoms with van der Waals surface area (Å²) in [6, 6.07) is 1.32. The van der Waals surface area contributed by atoms with Crippen LogP contribution in [0.15, 0.2) is 11.6 Å². The van der Waals surface area contributed by atoms with Gasteiger partial charge in [-0.15, -0.1) is 10.1 Å². The highest BCUT2D eigenvalue weighted by atomic mass is 35.5. The van der Waals surface area contributed by atoms with Crippen molar-refractivity contribution in [2.45, 2.75) is 39.2 Å². The van der Waals surface area contributed by atoms with E-state index < -0.39 is 54.6 Å². The third kappa shape index (κ3) is 6.15. The number of nitrogens with zero attached hydrogens (tertiary/aromatic N) is 1. The van der Waals surface area contributed by atoms with E-state index >= 15 is 0 Å². The van der Waals surface area contributed by atoms with Crippen molar-refractivity contribution in [3.05, 3.63) is 43.5 Å². The SMILES string of the molecule is Cc1cc2c(c(C)c1Cl)C=C(C(=O)OCOC(=O)OC[C@H](C)O[N+](=O)[O-])[C@@H](C(F)(F)F)O2. The fourth-order valence-corrected chi connectivity index (χ4v) is 2.82. The number of carbonyl (C=O) groups is 2. The fraction of sp³-hybridized carbons (Fsp3) is 0.444. The molecule has 1 aromatic rings. The molecule has 0 fully saturated rings. The number of hydrogen-bond acceptors (Lipinski definition) is 9. The number of aryl methyl sites for hydroxylation is 1. The molecule has 0 saturated carbocycles. The molecule has 0 saturated heterocycles. The number of rotatable bonds is 7. The maximum Gasteiger partial charge on any atom is 0.511 e. The number of benzene rings is 1. The first kappa shape index (κ1) is 25.0. The van der Waals surface area contributed by atoms with E-state index in [4.69, 9.17) is 16.3 Å². The van der Waals surface area contributed by atoms with Crippen LogP contribution in [0.3, 0.4) is 0 Å². The van der Waals surface area contributed by atoms with E-state index in [9.17, 15) is 32.9 Å². The number of hydrogen-bond donors (Lipinski definition) is 0. The molecule has 0 aliphatic carbocycles. The van der Waals surface area contributed by atoms with Crippen molar-refractivity contribution < 1.29 is 51.6 Å². The van der Waals surface area contributed by atoms with Crippen LogP contribution in [0.5, 0.6) is 5.75 Å². The topological polar surface area (TPSA) is 123 Å². The molecule has 0 N–H and O–H groups in total. The molecular formula is C18H17ClF3NO9. The van der Waals surface area contributed by atoms with E-state index in [0.29, 0.717) is 16.1 Å². The second-order valence-corrected chi connectivity index (χ2v) is 6.96. The van der Waals surface area contributed by atoms with Gasteiger partial charge in [0.05, 0.1) is 5.57 Å². The van der Waals surface area contributed by atoms with Crippen LogP contribution in [0.2, 0.25) is 5.02 Å². The number of halogens is 4. The molecule has 0 bridgehead atoms. The lowest BCUT2D eigenvalue weighted by Crippen LogP contribution is -2.41. The Kier molecular flexibility index (Phi) is 7.78. The van der Waals surface area contributed by atoms with Crippen molar-refractivity contribution in [3.63, 3.8) is 0 Å². The van der Waals surface area contributed by atoms with Crippen LogP contribution in [0, 0.1) is 24.0 Å². The largest absolute Gasteiger partial charge is 0.511 e. The van der Waals surface area contributed by atoms with Gasteiger partial charge in [0.25, 0.3) is 5.09 Å². The van der Waals surface area contributed by atoms with Gasteiger partial charge in [-0.1, -0.05) is 11.6 Å². The number of esters is 1. The second kappa shape index (κ2) is 9.94. The van der Waals surface area contributed by atoms with Gasteiger partial charge in [0.15, 0.2) is 0 Å². The zero-order valence-electron chi connectivity index (χ0n) is 16.9. The number of fused-ring (bicyclic) bond motifs is 1. The quantitative estimate of drug-likeness (QED) is 0.245. The van der Waals surface area contributed by atoms with Crippen molar-refractivity contribution in [2.75, 3.05) is 13.4 Å². The Morgan fingerprint density at radius 3 is 2.53 bits per heavy atom. The maximum atomic E-state index is 13.5. The number of ether oxygens (including phenoxy) is 4. The highest BCUT2D eigenvalue weighted by Crippen LogP contribution is 2.41. The molecule has 14 heteroatoms. The smallest absolute Gasteiger partial charge is 0.475 e. The van der Waals surface area contributed by atoms with Crippen LogP contribution >= 0.6 is 11.6 Å². The summed E-state index contributed by atoms with van der Waals surface area (Å²) in [5.41, 5.74) is 0.192.